The van der Waals surface area contributed by atoms with Crippen molar-refractivity contribution in [2.24, 2.45) is 0 Å². The van der Waals surface area contributed by atoms with Crippen molar-refractivity contribution in [1.82, 2.24) is 14.6 Å². The Kier molecular flexibility index (Phi) is 4.09. The zero-order chi connectivity index (χ0) is 16.2. The summed E-state index contributed by atoms with van der Waals surface area (Å²) >= 11 is 0. The third kappa shape index (κ3) is 2.94. The Balaban J connectivity index is 1.87. The quantitative estimate of drug-likeness (QED) is 0.782. The number of anilines is 1. The minimum Gasteiger partial charge on any atom is -0.493 e. The summed E-state index contributed by atoms with van der Waals surface area (Å²) in [6.45, 7) is 2.41. The minimum absolute atomic E-state index is 0.269. The van der Waals surface area contributed by atoms with Crippen molar-refractivity contribution in [3.8, 4) is 11.5 Å². The third-order valence-corrected chi connectivity index (χ3v) is 3.26. The van der Waals surface area contributed by atoms with Crippen molar-refractivity contribution in [3.05, 3.63) is 48.3 Å². The molecule has 0 saturated heterocycles. The number of ether oxygens (including phenoxy) is 2. The Labute approximate surface area is 132 Å². The van der Waals surface area contributed by atoms with Crippen molar-refractivity contribution in [3.63, 3.8) is 0 Å². The number of rotatable bonds is 5. The molecule has 1 amide bonds. The van der Waals surface area contributed by atoms with E-state index >= 15 is 0 Å². The van der Waals surface area contributed by atoms with Gasteiger partial charge < -0.3 is 14.8 Å². The highest BCUT2D eigenvalue weighted by molar-refractivity contribution is 6.04. The molecule has 7 heteroatoms. The predicted octanol–water partition coefficient (Wildman–Crippen LogP) is 2.39. The summed E-state index contributed by atoms with van der Waals surface area (Å²) in [7, 11) is 1.54. The van der Waals surface area contributed by atoms with Gasteiger partial charge in [0.1, 0.15) is 5.82 Å². The molecule has 3 rings (SSSR count). The van der Waals surface area contributed by atoms with Gasteiger partial charge >= 0.3 is 0 Å². The molecule has 0 unspecified atom stereocenters. The Hall–Kier alpha value is -3.09. The molecule has 1 aromatic carbocycles. The lowest BCUT2D eigenvalue weighted by molar-refractivity contribution is 0.102. The summed E-state index contributed by atoms with van der Waals surface area (Å²) < 4.78 is 12.3. The molecule has 0 aliphatic carbocycles. The van der Waals surface area contributed by atoms with Gasteiger partial charge in [0.25, 0.3) is 5.91 Å². The summed E-state index contributed by atoms with van der Waals surface area (Å²) in [5, 5.41) is 6.95. The molecule has 0 atom stereocenters. The van der Waals surface area contributed by atoms with Crippen molar-refractivity contribution in [1.29, 1.82) is 0 Å². The Morgan fingerprint density at radius 1 is 1.22 bits per heavy atom. The van der Waals surface area contributed by atoms with Crippen LogP contribution in [0.3, 0.4) is 0 Å². The highest BCUT2D eigenvalue weighted by atomic mass is 16.5. The number of carbonyl (C=O) groups is 1. The van der Waals surface area contributed by atoms with Crippen LogP contribution in [0.2, 0.25) is 0 Å². The molecule has 23 heavy (non-hydrogen) atoms. The summed E-state index contributed by atoms with van der Waals surface area (Å²) in [6, 6.07) is 8.48. The number of methoxy groups -OCH3 is 1. The van der Waals surface area contributed by atoms with E-state index in [1.54, 1.807) is 47.2 Å². The highest BCUT2D eigenvalue weighted by Crippen LogP contribution is 2.28. The van der Waals surface area contributed by atoms with Gasteiger partial charge in [0.05, 0.1) is 19.9 Å². The topological polar surface area (TPSA) is 77.8 Å². The maximum Gasteiger partial charge on any atom is 0.256 e. The van der Waals surface area contributed by atoms with E-state index in [0.717, 1.165) is 0 Å². The van der Waals surface area contributed by atoms with E-state index < -0.39 is 0 Å². The van der Waals surface area contributed by atoms with Gasteiger partial charge in [-0.15, -0.1) is 0 Å². The summed E-state index contributed by atoms with van der Waals surface area (Å²) in [6.07, 6.45) is 3.24. The third-order valence-electron chi connectivity index (χ3n) is 3.26. The second kappa shape index (κ2) is 6.35. The van der Waals surface area contributed by atoms with Gasteiger partial charge in [0, 0.05) is 17.8 Å². The van der Waals surface area contributed by atoms with E-state index in [-0.39, 0.29) is 5.91 Å². The Morgan fingerprint density at radius 3 is 2.87 bits per heavy atom. The summed E-state index contributed by atoms with van der Waals surface area (Å²) in [4.78, 5) is 16.6. The van der Waals surface area contributed by atoms with Crippen molar-refractivity contribution in [2.75, 3.05) is 19.0 Å². The number of amides is 1. The second-order valence-electron chi connectivity index (χ2n) is 4.68. The number of hydrogen-bond acceptors (Lipinski definition) is 5. The molecular weight excluding hydrogens is 296 g/mol. The van der Waals surface area contributed by atoms with Crippen LogP contribution in [0, 0.1) is 0 Å². The maximum absolute atomic E-state index is 12.4. The monoisotopic (exact) mass is 312 g/mol. The molecule has 0 fully saturated rings. The molecular formula is C16H16N4O3. The van der Waals surface area contributed by atoms with Gasteiger partial charge in [-0.1, -0.05) is 0 Å². The average molecular weight is 312 g/mol. The van der Waals surface area contributed by atoms with Crippen LogP contribution in [-0.4, -0.2) is 34.2 Å². The number of aromatic nitrogens is 3. The number of hydrogen-bond donors (Lipinski definition) is 1. The second-order valence-corrected chi connectivity index (χ2v) is 4.68. The standard InChI is InChI=1S/C16H16N4O3/c1-3-23-12-5-4-11(10-13(12)22-2)16(21)19-15-6-8-17-14-7-9-18-20(14)15/h4-10H,3H2,1-2H3,(H,19,21). The van der Waals surface area contributed by atoms with E-state index in [1.807, 2.05) is 6.92 Å². The Bertz CT molecular complexity index is 844. The van der Waals surface area contributed by atoms with Crippen LogP contribution < -0.4 is 14.8 Å². The molecule has 118 valence electrons. The van der Waals surface area contributed by atoms with Gasteiger partial charge in [-0.05, 0) is 31.2 Å². The number of fused-ring (bicyclic) bond motifs is 1. The Morgan fingerprint density at radius 2 is 2.09 bits per heavy atom. The SMILES string of the molecule is CCOc1ccc(C(=O)Nc2ccnc3ccnn23)cc1OC. The molecule has 3 aromatic rings. The van der Waals surface area contributed by atoms with Crippen LogP contribution in [-0.2, 0) is 0 Å². The van der Waals surface area contributed by atoms with Crippen LogP contribution in [0.1, 0.15) is 17.3 Å². The molecule has 0 aliphatic heterocycles. The van der Waals surface area contributed by atoms with Crippen molar-refractivity contribution >= 4 is 17.4 Å². The van der Waals surface area contributed by atoms with Gasteiger partial charge in [-0.25, -0.2) is 4.98 Å². The van der Waals surface area contributed by atoms with Gasteiger partial charge in [-0.3, -0.25) is 4.79 Å². The number of carbonyl (C=O) groups excluding carboxylic acids is 1. The van der Waals surface area contributed by atoms with Crippen LogP contribution >= 0.6 is 0 Å². The first kappa shape index (κ1) is 14.8. The highest BCUT2D eigenvalue weighted by Gasteiger charge is 2.13. The summed E-state index contributed by atoms with van der Waals surface area (Å²) in [5.74, 6) is 1.38. The van der Waals surface area contributed by atoms with Crippen molar-refractivity contribution < 1.29 is 14.3 Å². The predicted molar refractivity (Wildman–Crippen MR) is 85.1 cm³/mol. The molecule has 2 heterocycles. The number of benzene rings is 1. The molecule has 0 spiro atoms. The lowest BCUT2D eigenvalue weighted by Gasteiger charge is -2.11. The van der Waals surface area contributed by atoms with Crippen molar-refractivity contribution in [2.45, 2.75) is 6.92 Å². The van der Waals surface area contributed by atoms with E-state index in [2.05, 4.69) is 15.4 Å². The van der Waals surface area contributed by atoms with E-state index in [1.165, 1.54) is 7.11 Å². The molecule has 0 saturated carbocycles. The lowest BCUT2D eigenvalue weighted by Crippen LogP contribution is -2.15. The molecule has 7 nitrogen and oxygen atoms in total. The first-order chi connectivity index (χ1) is 11.2. The normalized spacial score (nSPS) is 10.5. The molecule has 0 radical (unpaired) electrons. The first-order valence-corrected chi connectivity index (χ1v) is 7.14. The van der Waals surface area contributed by atoms with E-state index in [9.17, 15) is 4.79 Å². The number of nitrogens with zero attached hydrogens (tertiary/aromatic N) is 3. The smallest absolute Gasteiger partial charge is 0.256 e. The largest absolute Gasteiger partial charge is 0.493 e. The van der Waals surface area contributed by atoms with E-state index in [0.29, 0.717) is 35.1 Å². The zero-order valence-corrected chi connectivity index (χ0v) is 12.8. The lowest BCUT2D eigenvalue weighted by atomic mass is 10.2. The zero-order valence-electron chi connectivity index (χ0n) is 12.8. The fourth-order valence-corrected chi connectivity index (χ4v) is 2.20. The molecule has 1 N–H and O–H groups in total. The van der Waals surface area contributed by atoms with Gasteiger partial charge in [-0.2, -0.15) is 9.61 Å². The molecule has 0 bridgehead atoms. The van der Waals surface area contributed by atoms with Crippen LogP contribution in [0.25, 0.3) is 5.65 Å². The molecule has 2 aromatic heterocycles. The van der Waals surface area contributed by atoms with Gasteiger partial charge in [0.2, 0.25) is 0 Å². The van der Waals surface area contributed by atoms with Gasteiger partial charge in [0.15, 0.2) is 17.1 Å². The fourth-order valence-electron chi connectivity index (χ4n) is 2.20. The average Bonchev–Trinajstić information content (AvgIpc) is 3.05. The maximum atomic E-state index is 12.4. The van der Waals surface area contributed by atoms with Crippen LogP contribution in [0.15, 0.2) is 42.7 Å². The number of nitrogens with one attached hydrogen (secondary N) is 1. The van der Waals surface area contributed by atoms with Crippen LogP contribution in [0.5, 0.6) is 11.5 Å². The minimum atomic E-state index is -0.269. The first-order valence-electron chi connectivity index (χ1n) is 7.14. The molecule has 0 aliphatic rings. The van der Waals surface area contributed by atoms with Crippen LogP contribution in [0.4, 0.5) is 5.82 Å². The van der Waals surface area contributed by atoms with E-state index in [4.69, 9.17) is 9.47 Å². The fraction of sp³-hybridized carbons (Fsp3) is 0.188. The summed E-state index contributed by atoms with van der Waals surface area (Å²) in [5.41, 5.74) is 1.12.